The van der Waals surface area contributed by atoms with Crippen LogP contribution < -0.4 is 5.32 Å². The largest absolute Gasteiger partial charge is 0.313 e. The maximum Gasteiger partial charge on any atom is 0.0469 e. The molecule has 0 bridgehead atoms. The predicted molar refractivity (Wildman–Crippen MR) is 84.4 cm³/mol. The van der Waals surface area contributed by atoms with E-state index in [1.807, 2.05) is 6.08 Å². The molecule has 1 rings (SSSR count). The Morgan fingerprint density at radius 2 is 1.95 bits per heavy atom. The number of nitrogens with zero attached hydrogens (tertiary/aromatic N) is 1. The first-order valence-electron chi connectivity index (χ1n) is 7.24. The van der Waals surface area contributed by atoms with Gasteiger partial charge in [-0.1, -0.05) is 50.3 Å². The summed E-state index contributed by atoms with van der Waals surface area (Å²) in [5.41, 5.74) is 1.39. The fraction of sp³-hybridized carbons (Fsp3) is 0.529. The van der Waals surface area contributed by atoms with Crippen molar-refractivity contribution in [3.63, 3.8) is 0 Å². The molecule has 0 heterocycles. The number of hydrogen-bond donors (Lipinski definition) is 1. The molecule has 0 saturated heterocycles. The molecule has 0 radical (unpaired) electrons. The average molecular weight is 260 g/mol. The van der Waals surface area contributed by atoms with Crippen LogP contribution in [0, 0.1) is 0 Å². The van der Waals surface area contributed by atoms with Crippen LogP contribution in [0.3, 0.4) is 0 Å². The van der Waals surface area contributed by atoms with Gasteiger partial charge in [-0.3, -0.25) is 4.90 Å². The molecule has 0 aromatic heterocycles. The van der Waals surface area contributed by atoms with Crippen LogP contribution in [0.4, 0.5) is 0 Å². The molecule has 2 nitrogen and oxygen atoms in total. The summed E-state index contributed by atoms with van der Waals surface area (Å²) in [7, 11) is 2.21. The SMILES string of the molecule is C=CCCCN(C)C(CNC(C)C)c1ccccc1. The summed E-state index contributed by atoms with van der Waals surface area (Å²) in [5, 5.41) is 3.55. The lowest BCUT2D eigenvalue weighted by molar-refractivity contribution is 0.232. The number of nitrogens with one attached hydrogen (secondary N) is 1. The number of allylic oxidation sites excluding steroid dienone is 1. The number of rotatable bonds is 9. The average Bonchev–Trinajstić information content (AvgIpc) is 2.40. The molecule has 2 heteroatoms. The van der Waals surface area contributed by atoms with Crippen molar-refractivity contribution in [2.45, 2.75) is 38.8 Å². The van der Waals surface area contributed by atoms with Gasteiger partial charge in [0.2, 0.25) is 0 Å². The molecule has 0 saturated carbocycles. The maximum atomic E-state index is 3.79. The fourth-order valence-electron chi connectivity index (χ4n) is 2.19. The minimum atomic E-state index is 0.438. The minimum absolute atomic E-state index is 0.438. The van der Waals surface area contributed by atoms with Crippen molar-refractivity contribution in [1.29, 1.82) is 0 Å². The molecule has 19 heavy (non-hydrogen) atoms. The van der Waals surface area contributed by atoms with Gasteiger partial charge in [-0.05, 0) is 32.0 Å². The third-order valence-electron chi connectivity index (χ3n) is 3.35. The van der Waals surface area contributed by atoms with Crippen molar-refractivity contribution in [2.75, 3.05) is 20.1 Å². The summed E-state index contributed by atoms with van der Waals surface area (Å²) in [5.74, 6) is 0. The van der Waals surface area contributed by atoms with Crippen LogP contribution in [0.15, 0.2) is 43.0 Å². The number of likely N-dealkylation sites (N-methyl/N-ethyl adjacent to an activating group) is 1. The van der Waals surface area contributed by atoms with Gasteiger partial charge >= 0.3 is 0 Å². The molecule has 1 atom stereocenters. The van der Waals surface area contributed by atoms with Gasteiger partial charge in [-0.25, -0.2) is 0 Å². The molecule has 0 spiro atoms. The Morgan fingerprint density at radius 1 is 1.26 bits per heavy atom. The standard InChI is InChI=1S/C17H28N2/c1-5-6-10-13-19(4)17(14-18-15(2)3)16-11-8-7-9-12-16/h5,7-9,11-12,15,17-18H,1,6,10,13-14H2,2-4H3. The third kappa shape index (κ3) is 6.04. The Balaban J connectivity index is 2.65. The Labute approximate surface area is 118 Å². The fourth-order valence-corrected chi connectivity index (χ4v) is 2.19. The van der Waals surface area contributed by atoms with Crippen LogP contribution in [-0.4, -0.2) is 31.1 Å². The van der Waals surface area contributed by atoms with Crippen molar-refractivity contribution in [3.05, 3.63) is 48.6 Å². The van der Waals surface area contributed by atoms with Gasteiger partial charge in [0.15, 0.2) is 0 Å². The van der Waals surface area contributed by atoms with Crippen LogP contribution in [0.2, 0.25) is 0 Å². The van der Waals surface area contributed by atoms with Gasteiger partial charge in [-0.2, -0.15) is 0 Å². The van der Waals surface area contributed by atoms with Crippen molar-refractivity contribution in [3.8, 4) is 0 Å². The highest BCUT2D eigenvalue weighted by molar-refractivity contribution is 5.19. The van der Waals surface area contributed by atoms with Crippen LogP contribution in [0.5, 0.6) is 0 Å². The van der Waals surface area contributed by atoms with E-state index in [4.69, 9.17) is 0 Å². The Bertz CT molecular complexity index is 346. The zero-order valence-electron chi connectivity index (χ0n) is 12.6. The summed E-state index contributed by atoms with van der Waals surface area (Å²) in [6.07, 6.45) is 4.26. The van der Waals surface area contributed by atoms with Gasteiger partial charge in [0.05, 0.1) is 0 Å². The Morgan fingerprint density at radius 3 is 2.53 bits per heavy atom. The first-order valence-corrected chi connectivity index (χ1v) is 7.24. The van der Waals surface area contributed by atoms with E-state index < -0.39 is 0 Å². The van der Waals surface area contributed by atoms with Crippen LogP contribution in [0.1, 0.15) is 38.3 Å². The van der Waals surface area contributed by atoms with E-state index in [0.717, 1.165) is 19.5 Å². The van der Waals surface area contributed by atoms with Gasteiger partial charge in [-0.15, -0.1) is 6.58 Å². The molecular formula is C17H28N2. The number of benzene rings is 1. The van der Waals surface area contributed by atoms with Crippen molar-refractivity contribution in [1.82, 2.24) is 10.2 Å². The molecule has 0 amide bonds. The zero-order chi connectivity index (χ0) is 14.1. The molecule has 0 aliphatic heterocycles. The summed E-state index contributed by atoms with van der Waals surface area (Å²) < 4.78 is 0. The van der Waals surface area contributed by atoms with Crippen molar-refractivity contribution in [2.24, 2.45) is 0 Å². The van der Waals surface area contributed by atoms with Crippen molar-refractivity contribution >= 4 is 0 Å². The first kappa shape index (κ1) is 15.9. The normalized spacial score (nSPS) is 12.9. The zero-order valence-corrected chi connectivity index (χ0v) is 12.6. The summed E-state index contributed by atoms with van der Waals surface area (Å²) >= 11 is 0. The Kier molecular flexibility index (Phi) is 7.46. The van der Waals surface area contributed by atoms with Gasteiger partial charge in [0, 0.05) is 18.6 Å². The third-order valence-corrected chi connectivity index (χ3v) is 3.35. The molecule has 1 aromatic carbocycles. The number of unbranched alkanes of at least 4 members (excludes halogenated alkanes) is 1. The molecular weight excluding hydrogens is 232 g/mol. The molecule has 1 aromatic rings. The lowest BCUT2D eigenvalue weighted by Crippen LogP contribution is -2.36. The molecule has 0 aliphatic rings. The minimum Gasteiger partial charge on any atom is -0.313 e. The second-order valence-corrected chi connectivity index (χ2v) is 5.40. The van der Waals surface area contributed by atoms with E-state index in [1.54, 1.807) is 0 Å². The second kappa shape index (κ2) is 8.89. The Hall–Kier alpha value is -1.12. The van der Waals surface area contributed by atoms with Gasteiger partial charge < -0.3 is 5.32 Å². The molecule has 0 fully saturated rings. The first-order chi connectivity index (χ1) is 9.15. The van der Waals surface area contributed by atoms with Crippen molar-refractivity contribution < 1.29 is 0 Å². The van der Waals surface area contributed by atoms with E-state index >= 15 is 0 Å². The number of hydrogen-bond acceptors (Lipinski definition) is 2. The van der Waals surface area contributed by atoms with Gasteiger partial charge in [0.25, 0.3) is 0 Å². The van der Waals surface area contributed by atoms with E-state index in [0.29, 0.717) is 12.1 Å². The highest BCUT2D eigenvalue weighted by Crippen LogP contribution is 2.19. The molecule has 0 aliphatic carbocycles. The van der Waals surface area contributed by atoms with E-state index in [1.165, 1.54) is 12.0 Å². The summed E-state index contributed by atoms with van der Waals surface area (Å²) in [4.78, 5) is 2.44. The maximum absolute atomic E-state index is 3.79. The predicted octanol–water partition coefficient (Wildman–Crippen LogP) is 3.62. The topological polar surface area (TPSA) is 15.3 Å². The van der Waals surface area contributed by atoms with Crippen LogP contribution in [0.25, 0.3) is 0 Å². The van der Waals surface area contributed by atoms with Gasteiger partial charge in [0.1, 0.15) is 0 Å². The van der Waals surface area contributed by atoms with Crippen LogP contribution in [-0.2, 0) is 0 Å². The molecule has 106 valence electrons. The summed E-state index contributed by atoms with van der Waals surface area (Å²) in [6, 6.07) is 11.7. The summed E-state index contributed by atoms with van der Waals surface area (Å²) in [6.45, 7) is 10.3. The monoisotopic (exact) mass is 260 g/mol. The molecule has 1 unspecified atom stereocenters. The smallest absolute Gasteiger partial charge is 0.0469 e. The highest BCUT2D eigenvalue weighted by atomic mass is 15.1. The lowest BCUT2D eigenvalue weighted by atomic mass is 10.0. The van der Waals surface area contributed by atoms with E-state index in [2.05, 4.69) is 68.0 Å². The highest BCUT2D eigenvalue weighted by Gasteiger charge is 2.16. The second-order valence-electron chi connectivity index (χ2n) is 5.40. The quantitative estimate of drug-likeness (QED) is 0.539. The molecule has 1 N–H and O–H groups in total. The lowest BCUT2D eigenvalue weighted by Gasteiger charge is -2.29. The van der Waals surface area contributed by atoms with E-state index in [9.17, 15) is 0 Å². The van der Waals surface area contributed by atoms with Crippen LogP contribution >= 0.6 is 0 Å². The van der Waals surface area contributed by atoms with E-state index in [-0.39, 0.29) is 0 Å².